The summed E-state index contributed by atoms with van der Waals surface area (Å²) >= 11 is 0. The first-order valence-electron chi connectivity index (χ1n) is 4.84. The topological polar surface area (TPSA) is 0 Å². The van der Waals surface area contributed by atoms with E-state index >= 15 is 0 Å². The van der Waals surface area contributed by atoms with Crippen LogP contribution in [-0.2, 0) is 5.67 Å². The minimum absolute atomic E-state index is 0. The van der Waals surface area contributed by atoms with Gasteiger partial charge in [0.2, 0.25) is 0 Å². The monoisotopic (exact) mass is 352 g/mol. The van der Waals surface area contributed by atoms with Crippen LogP contribution in [0.3, 0.4) is 0 Å². The zero-order valence-electron chi connectivity index (χ0n) is 10.2. The van der Waals surface area contributed by atoms with E-state index in [1.807, 2.05) is 0 Å². The molecule has 0 aliphatic rings. The molecule has 1 aromatic rings. The van der Waals surface area contributed by atoms with E-state index in [1.54, 1.807) is 0 Å². The maximum atomic E-state index is 13.4. The van der Waals surface area contributed by atoms with Gasteiger partial charge >= 0.3 is 76.4 Å². The predicted molar refractivity (Wildman–Crippen MR) is 50.1 cm³/mol. The second-order valence-electron chi connectivity index (χ2n) is 3.85. The Morgan fingerprint density at radius 3 is 1.24 bits per heavy atom. The van der Waals surface area contributed by atoms with Gasteiger partial charge in [-0.3, -0.25) is 0 Å². The first-order chi connectivity index (χ1) is 8.71. The molecule has 0 unspecified atom stereocenters. The van der Waals surface area contributed by atoms with Crippen LogP contribution in [0.2, 0.25) is 0 Å². The Morgan fingerprint density at radius 1 is 0.667 bits per heavy atom. The number of rotatable bonds is 2. The molecule has 0 aliphatic heterocycles. The van der Waals surface area contributed by atoms with Crippen molar-refractivity contribution in [3.63, 3.8) is 0 Å². The molecular formula is C9H4BF10K. The molecule has 0 amide bonds. The average molecular weight is 352 g/mol. The molecule has 0 atom stereocenters. The fraction of sp³-hybridized carbons (Fsp3) is 0.333. The molecule has 0 nitrogen and oxygen atoms in total. The molecule has 0 aliphatic carbocycles. The smallest absolute Gasteiger partial charge is 0.445 e. The molecule has 0 heterocycles. The first kappa shape index (κ1) is 21.2. The van der Waals surface area contributed by atoms with Crippen molar-refractivity contribution in [2.24, 2.45) is 0 Å². The summed E-state index contributed by atoms with van der Waals surface area (Å²) in [5.41, 5.74) is -9.11. The molecule has 0 fully saturated rings. The standard InChI is InChI=1S/C9H4BF10.K/c11-7(8(12,13)14,9(15,16)17)5-1-3-6(4-2-5)10(18,19)20;/h1-4H;/q-1;+1. The molecule has 0 saturated heterocycles. The zero-order chi connectivity index (χ0) is 16.0. The number of alkyl halides is 7. The summed E-state index contributed by atoms with van der Waals surface area (Å²) in [4.78, 5) is 0. The van der Waals surface area contributed by atoms with Crippen LogP contribution in [0.5, 0.6) is 0 Å². The normalized spacial score (nSPS) is 13.8. The van der Waals surface area contributed by atoms with Crippen molar-refractivity contribution in [3.05, 3.63) is 29.8 Å². The molecule has 1 rings (SSSR count). The van der Waals surface area contributed by atoms with E-state index in [0.717, 1.165) is 0 Å². The Morgan fingerprint density at radius 2 is 1.00 bits per heavy atom. The third-order valence-corrected chi connectivity index (χ3v) is 2.47. The van der Waals surface area contributed by atoms with Gasteiger partial charge in [-0.2, -0.15) is 26.3 Å². The van der Waals surface area contributed by atoms with Gasteiger partial charge < -0.3 is 12.9 Å². The molecule has 0 N–H and O–H groups in total. The number of hydrogen-bond donors (Lipinski definition) is 0. The van der Waals surface area contributed by atoms with Crippen molar-refractivity contribution >= 4 is 12.4 Å². The predicted octanol–water partition coefficient (Wildman–Crippen LogP) is 1.03. The molecule has 1 aromatic carbocycles. The Balaban J connectivity index is 0.00000400. The van der Waals surface area contributed by atoms with Gasteiger partial charge in [-0.25, -0.2) is 4.39 Å². The van der Waals surface area contributed by atoms with Crippen molar-refractivity contribution in [2.45, 2.75) is 18.0 Å². The maximum Gasteiger partial charge on any atom is 1.00 e. The number of hydrogen-bond acceptors (Lipinski definition) is 0. The van der Waals surface area contributed by atoms with Gasteiger partial charge in [0.15, 0.2) is 0 Å². The van der Waals surface area contributed by atoms with Gasteiger partial charge in [0.25, 0.3) is 0 Å². The molecular weight excluding hydrogens is 348 g/mol. The van der Waals surface area contributed by atoms with Crippen LogP contribution in [0.1, 0.15) is 5.56 Å². The van der Waals surface area contributed by atoms with E-state index < -0.39 is 36.0 Å². The van der Waals surface area contributed by atoms with E-state index in [4.69, 9.17) is 0 Å². The van der Waals surface area contributed by atoms with Crippen LogP contribution in [0.4, 0.5) is 43.7 Å². The summed E-state index contributed by atoms with van der Waals surface area (Å²) in [5, 5.41) is 0. The third-order valence-electron chi connectivity index (χ3n) is 2.47. The summed E-state index contributed by atoms with van der Waals surface area (Å²) in [6.45, 7) is -5.61. The average Bonchev–Trinajstić information content (AvgIpc) is 2.24. The number of benzene rings is 1. The SMILES string of the molecule is F[B-](F)(F)c1ccc(C(F)(C(F)(F)F)C(F)(F)F)cc1.[K+]. The van der Waals surface area contributed by atoms with E-state index in [-0.39, 0.29) is 75.7 Å². The minimum Gasteiger partial charge on any atom is -0.445 e. The van der Waals surface area contributed by atoms with E-state index in [2.05, 4.69) is 0 Å². The van der Waals surface area contributed by atoms with E-state index in [9.17, 15) is 43.7 Å². The Kier molecular flexibility index (Phi) is 6.45. The summed E-state index contributed by atoms with van der Waals surface area (Å²) < 4.78 is 124. The van der Waals surface area contributed by atoms with Crippen molar-refractivity contribution < 1.29 is 95.1 Å². The fourth-order valence-electron chi connectivity index (χ4n) is 1.42. The van der Waals surface area contributed by atoms with Gasteiger partial charge in [-0.05, 0) is 0 Å². The van der Waals surface area contributed by atoms with Gasteiger partial charge in [-0.1, -0.05) is 24.3 Å². The van der Waals surface area contributed by atoms with E-state index in [0.29, 0.717) is 0 Å². The Labute approximate surface area is 154 Å². The summed E-state index contributed by atoms with van der Waals surface area (Å²) in [5.74, 6) is 0. The van der Waals surface area contributed by atoms with Crippen molar-refractivity contribution in [1.82, 2.24) is 0 Å². The maximum absolute atomic E-state index is 13.4. The molecule has 0 bridgehead atoms. The van der Waals surface area contributed by atoms with Crippen LogP contribution >= 0.6 is 0 Å². The van der Waals surface area contributed by atoms with Crippen LogP contribution in [0.25, 0.3) is 0 Å². The van der Waals surface area contributed by atoms with Crippen molar-refractivity contribution in [1.29, 1.82) is 0 Å². The molecule has 0 spiro atoms. The third kappa shape index (κ3) is 4.15. The molecule has 0 saturated carbocycles. The molecule has 21 heavy (non-hydrogen) atoms. The van der Waals surface area contributed by atoms with Crippen molar-refractivity contribution in [3.8, 4) is 0 Å². The quantitative estimate of drug-likeness (QED) is 0.551. The minimum atomic E-state index is -6.35. The van der Waals surface area contributed by atoms with Crippen LogP contribution < -0.4 is 56.8 Å². The molecule has 114 valence electrons. The largest absolute Gasteiger partial charge is 1.00 e. The summed E-state index contributed by atoms with van der Waals surface area (Å²) in [6, 6.07) is -0.403. The second-order valence-corrected chi connectivity index (χ2v) is 3.85. The summed E-state index contributed by atoms with van der Waals surface area (Å²) in [6.07, 6.45) is -12.7. The number of halogens is 10. The molecule has 0 aromatic heterocycles. The first-order valence-corrected chi connectivity index (χ1v) is 4.84. The van der Waals surface area contributed by atoms with Crippen molar-refractivity contribution in [2.75, 3.05) is 0 Å². The van der Waals surface area contributed by atoms with Gasteiger partial charge in [-0.15, -0.1) is 5.46 Å². The van der Waals surface area contributed by atoms with Crippen LogP contribution in [-0.4, -0.2) is 19.3 Å². The Bertz CT molecular complexity index is 457. The van der Waals surface area contributed by atoms with Gasteiger partial charge in [0.05, 0.1) is 0 Å². The molecule has 0 radical (unpaired) electrons. The zero-order valence-corrected chi connectivity index (χ0v) is 13.3. The van der Waals surface area contributed by atoms with Crippen LogP contribution in [0.15, 0.2) is 24.3 Å². The fourth-order valence-corrected chi connectivity index (χ4v) is 1.42. The second kappa shape index (κ2) is 6.38. The Hall–Kier alpha value is 0.221. The summed E-state index contributed by atoms with van der Waals surface area (Å²) in [7, 11) is 0. The molecule has 12 heteroatoms. The van der Waals surface area contributed by atoms with Gasteiger partial charge in [0, 0.05) is 5.56 Å². The van der Waals surface area contributed by atoms with E-state index in [1.165, 1.54) is 0 Å². The van der Waals surface area contributed by atoms with Gasteiger partial charge in [0.1, 0.15) is 0 Å². The van der Waals surface area contributed by atoms with Crippen LogP contribution in [0, 0.1) is 0 Å².